The molecule has 0 bridgehead atoms. The number of fused-ring (bicyclic) bond motifs is 2. The van der Waals surface area contributed by atoms with Crippen molar-refractivity contribution in [2.24, 2.45) is 0 Å². The first-order chi connectivity index (χ1) is 10.2. The van der Waals surface area contributed by atoms with Gasteiger partial charge in [-0.2, -0.15) is 0 Å². The smallest absolute Gasteiger partial charge is 0.332 e. The van der Waals surface area contributed by atoms with Gasteiger partial charge in [0.15, 0.2) is 0 Å². The lowest BCUT2D eigenvalue weighted by molar-refractivity contribution is 0.190. The molecule has 0 atom stereocenters. The van der Waals surface area contributed by atoms with Crippen molar-refractivity contribution in [2.45, 2.75) is 6.04 Å². The van der Waals surface area contributed by atoms with E-state index >= 15 is 0 Å². The summed E-state index contributed by atoms with van der Waals surface area (Å²) < 4.78 is 5.90. The van der Waals surface area contributed by atoms with Crippen LogP contribution in [0.1, 0.15) is 17.2 Å². The highest BCUT2D eigenvalue weighted by molar-refractivity contribution is 5.75. The summed E-state index contributed by atoms with van der Waals surface area (Å²) in [5.41, 5.74) is 4.70. The van der Waals surface area contributed by atoms with E-state index in [-0.39, 0.29) is 12.1 Å². The summed E-state index contributed by atoms with van der Waals surface area (Å²) in [6, 6.07) is 15.1. The lowest BCUT2D eigenvalue weighted by Crippen LogP contribution is -2.45. The van der Waals surface area contributed by atoms with Gasteiger partial charge in [0.1, 0.15) is 11.5 Å². The van der Waals surface area contributed by atoms with E-state index in [1.54, 1.807) is 14.1 Å². The molecule has 5 heteroatoms. The number of hydrogen-bond acceptors (Lipinski definition) is 3. The van der Waals surface area contributed by atoms with Crippen molar-refractivity contribution in [3.05, 3.63) is 59.7 Å². The molecule has 21 heavy (non-hydrogen) atoms. The van der Waals surface area contributed by atoms with Crippen molar-refractivity contribution in [2.75, 3.05) is 14.1 Å². The van der Waals surface area contributed by atoms with Crippen LogP contribution in [0.4, 0.5) is 4.79 Å². The largest absolute Gasteiger partial charge is 0.457 e. The second-order valence-corrected chi connectivity index (χ2v) is 4.84. The van der Waals surface area contributed by atoms with E-state index in [0.29, 0.717) is 0 Å². The molecule has 2 aromatic carbocycles. The number of hydrogen-bond donors (Lipinski definition) is 2. The predicted octanol–water partition coefficient (Wildman–Crippen LogP) is 2.66. The molecule has 0 saturated carbocycles. The molecule has 1 aliphatic rings. The Morgan fingerprint density at radius 3 is 2.10 bits per heavy atom. The van der Waals surface area contributed by atoms with E-state index < -0.39 is 0 Å². The van der Waals surface area contributed by atoms with Crippen LogP contribution in [0.5, 0.6) is 11.5 Å². The Morgan fingerprint density at radius 2 is 1.57 bits per heavy atom. The molecule has 0 saturated heterocycles. The zero-order valence-corrected chi connectivity index (χ0v) is 12.0. The Balaban J connectivity index is 2.01. The zero-order chi connectivity index (χ0) is 14.8. The van der Waals surface area contributed by atoms with Crippen molar-refractivity contribution in [1.82, 2.24) is 15.8 Å². The van der Waals surface area contributed by atoms with Crippen molar-refractivity contribution >= 4 is 6.03 Å². The third-order valence-electron chi connectivity index (χ3n) is 3.59. The first kappa shape index (κ1) is 13.5. The van der Waals surface area contributed by atoms with E-state index in [9.17, 15) is 4.79 Å². The van der Waals surface area contributed by atoms with Crippen LogP contribution in [0.25, 0.3) is 0 Å². The molecule has 5 nitrogen and oxygen atoms in total. The standard InChI is InChI=1S/C16H17N3O2/c1-17-19(2)16(20)18-15-11-7-3-5-9-13(11)21-14-10-6-4-8-12(14)15/h3-10,15,17H,1-2H3,(H,18,20). The highest BCUT2D eigenvalue weighted by Gasteiger charge is 2.28. The Bertz CT molecular complexity index is 627. The summed E-state index contributed by atoms with van der Waals surface area (Å²) in [4.78, 5) is 12.2. The molecule has 0 aromatic heterocycles. The molecular formula is C16H17N3O2. The Hall–Kier alpha value is -2.53. The molecular weight excluding hydrogens is 266 g/mol. The number of carbonyl (C=O) groups excluding carboxylic acids is 1. The summed E-state index contributed by atoms with van der Waals surface area (Å²) in [6.45, 7) is 0. The van der Waals surface area contributed by atoms with Crippen LogP contribution < -0.4 is 15.5 Å². The van der Waals surface area contributed by atoms with E-state index in [4.69, 9.17) is 4.74 Å². The van der Waals surface area contributed by atoms with Gasteiger partial charge in [0.05, 0.1) is 6.04 Å². The van der Waals surface area contributed by atoms with Gasteiger partial charge in [0, 0.05) is 25.2 Å². The van der Waals surface area contributed by atoms with Gasteiger partial charge in [-0.15, -0.1) is 0 Å². The van der Waals surface area contributed by atoms with E-state index in [1.807, 2.05) is 48.5 Å². The first-order valence-corrected chi connectivity index (χ1v) is 6.78. The topological polar surface area (TPSA) is 53.6 Å². The highest BCUT2D eigenvalue weighted by Crippen LogP contribution is 2.42. The number of urea groups is 1. The van der Waals surface area contributed by atoms with E-state index in [1.165, 1.54) is 5.01 Å². The van der Waals surface area contributed by atoms with Crippen LogP contribution in [-0.4, -0.2) is 25.1 Å². The molecule has 0 unspecified atom stereocenters. The maximum atomic E-state index is 12.2. The maximum absolute atomic E-state index is 12.2. The minimum atomic E-state index is -0.227. The molecule has 2 amide bonds. The molecule has 108 valence electrons. The number of nitrogens with zero attached hydrogens (tertiary/aromatic N) is 1. The minimum absolute atomic E-state index is 0.200. The summed E-state index contributed by atoms with van der Waals surface area (Å²) in [5.74, 6) is 1.54. The van der Waals surface area contributed by atoms with Gasteiger partial charge < -0.3 is 10.1 Å². The number of nitrogens with one attached hydrogen (secondary N) is 2. The van der Waals surface area contributed by atoms with Crippen molar-refractivity contribution < 1.29 is 9.53 Å². The fourth-order valence-electron chi connectivity index (χ4n) is 2.39. The molecule has 1 aliphatic heterocycles. The van der Waals surface area contributed by atoms with Gasteiger partial charge in [-0.3, -0.25) is 5.01 Å². The number of ether oxygens (including phenoxy) is 1. The quantitative estimate of drug-likeness (QED) is 0.833. The van der Waals surface area contributed by atoms with Crippen LogP contribution in [0, 0.1) is 0 Å². The van der Waals surface area contributed by atoms with Crippen LogP contribution >= 0.6 is 0 Å². The Morgan fingerprint density at radius 1 is 1.05 bits per heavy atom. The van der Waals surface area contributed by atoms with Gasteiger partial charge in [0.2, 0.25) is 0 Å². The maximum Gasteiger partial charge on any atom is 0.332 e. The second-order valence-electron chi connectivity index (χ2n) is 4.84. The molecule has 2 aromatic rings. The number of rotatable bonds is 2. The number of benzene rings is 2. The third-order valence-corrected chi connectivity index (χ3v) is 3.59. The van der Waals surface area contributed by atoms with Gasteiger partial charge in [0.25, 0.3) is 0 Å². The van der Waals surface area contributed by atoms with Gasteiger partial charge in [-0.05, 0) is 12.1 Å². The predicted molar refractivity (Wildman–Crippen MR) is 80.2 cm³/mol. The van der Waals surface area contributed by atoms with Crippen LogP contribution in [0.2, 0.25) is 0 Å². The number of carbonyl (C=O) groups is 1. The molecule has 3 rings (SSSR count). The highest BCUT2D eigenvalue weighted by atomic mass is 16.5. The number of amides is 2. The minimum Gasteiger partial charge on any atom is -0.457 e. The molecule has 0 spiro atoms. The number of hydrazine groups is 1. The van der Waals surface area contributed by atoms with Crippen molar-refractivity contribution in [3.8, 4) is 11.5 Å². The lowest BCUT2D eigenvalue weighted by Gasteiger charge is -2.30. The number of para-hydroxylation sites is 2. The zero-order valence-electron chi connectivity index (χ0n) is 12.0. The average Bonchev–Trinajstić information content (AvgIpc) is 2.53. The monoisotopic (exact) mass is 283 g/mol. The van der Waals surface area contributed by atoms with Crippen LogP contribution in [-0.2, 0) is 0 Å². The molecule has 0 aliphatic carbocycles. The van der Waals surface area contributed by atoms with Gasteiger partial charge >= 0.3 is 6.03 Å². The van der Waals surface area contributed by atoms with Gasteiger partial charge in [-0.1, -0.05) is 36.4 Å². The van der Waals surface area contributed by atoms with Crippen molar-refractivity contribution in [3.63, 3.8) is 0 Å². The lowest BCUT2D eigenvalue weighted by atomic mass is 9.95. The fourth-order valence-corrected chi connectivity index (χ4v) is 2.39. The van der Waals surface area contributed by atoms with Crippen LogP contribution in [0.15, 0.2) is 48.5 Å². The average molecular weight is 283 g/mol. The second kappa shape index (κ2) is 5.46. The summed E-state index contributed by atoms with van der Waals surface area (Å²) in [7, 11) is 3.37. The molecule has 1 heterocycles. The first-order valence-electron chi connectivity index (χ1n) is 6.78. The summed E-state index contributed by atoms with van der Waals surface area (Å²) >= 11 is 0. The third kappa shape index (κ3) is 2.43. The fraction of sp³-hybridized carbons (Fsp3) is 0.188. The Kier molecular flexibility index (Phi) is 3.50. The normalized spacial score (nSPS) is 12.9. The van der Waals surface area contributed by atoms with Crippen molar-refractivity contribution in [1.29, 1.82) is 0 Å². The Labute approximate surface area is 123 Å². The summed E-state index contributed by atoms with van der Waals surface area (Å²) in [6.07, 6.45) is 0. The van der Waals surface area contributed by atoms with E-state index in [2.05, 4.69) is 10.7 Å². The molecule has 0 radical (unpaired) electrons. The van der Waals surface area contributed by atoms with E-state index in [0.717, 1.165) is 22.6 Å². The molecule has 0 fully saturated rings. The SMILES string of the molecule is CNN(C)C(=O)NC1c2ccccc2Oc2ccccc21. The summed E-state index contributed by atoms with van der Waals surface area (Å²) in [5, 5.41) is 4.43. The van der Waals surface area contributed by atoms with Crippen LogP contribution in [0.3, 0.4) is 0 Å². The van der Waals surface area contributed by atoms with Gasteiger partial charge in [-0.25, -0.2) is 10.2 Å². The molecule has 2 N–H and O–H groups in total.